The molecule has 0 aliphatic carbocycles. The number of halogens is 1. The molecule has 1 aromatic heterocycles. The topological polar surface area (TPSA) is 117 Å². The smallest absolute Gasteiger partial charge is 0.336 e. The number of carbonyl (C=O) groups excluding carboxylic acids is 2. The van der Waals surface area contributed by atoms with E-state index in [-0.39, 0.29) is 19.6 Å². The monoisotopic (exact) mass is 358 g/mol. The minimum Gasteiger partial charge on any atom is -0.465 e. The standard InChI is InChI=1S/C15H19FN2O7/c1-4-23-12(20)10-15(3,13(21)24-5-2)6-9(25-10)18-7-8(16)11(19)17-14(18)22/h7,9-10H,4-6H2,1-3H3,(H,17,19,22)/t9-,10-,15+/m0/s1. The van der Waals surface area contributed by atoms with Gasteiger partial charge in [0.1, 0.15) is 11.6 Å². The Hall–Kier alpha value is -2.49. The molecule has 0 spiro atoms. The molecular formula is C15H19FN2O7. The minimum absolute atomic E-state index is 0.0650. The van der Waals surface area contributed by atoms with Gasteiger partial charge in [-0.2, -0.15) is 4.39 Å². The largest absolute Gasteiger partial charge is 0.465 e. The molecule has 0 amide bonds. The van der Waals surface area contributed by atoms with Crippen LogP contribution in [0, 0.1) is 11.2 Å². The Morgan fingerprint density at radius 3 is 2.60 bits per heavy atom. The number of hydrogen-bond donors (Lipinski definition) is 1. The van der Waals surface area contributed by atoms with E-state index < -0.39 is 46.8 Å². The summed E-state index contributed by atoms with van der Waals surface area (Å²) >= 11 is 0. The van der Waals surface area contributed by atoms with Gasteiger partial charge in [0.15, 0.2) is 6.10 Å². The molecule has 1 fully saturated rings. The third-order valence-corrected chi connectivity index (χ3v) is 3.95. The molecule has 2 rings (SSSR count). The second-order valence-corrected chi connectivity index (χ2v) is 5.71. The van der Waals surface area contributed by atoms with Crippen LogP contribution in [0.3, 0.4) is 0 Å². The molecule has 138 valence electrons. The molecule has 1 aromatic rings. The molecule has 1 aliphatic rings. The highest BCUT2D eigenvalue weighted by molar-refractivity contribution is 5.87. The fourth-order valence-electron chi connectivity index (χ4n) is 2.68. The number of ether oxygens (including phenoxy) is 3. The van der Waals surface area contributed by atoms with Gasteiger partial charge in [0.25, 0.3) is 5.56 Å². The second kappa shape index (κ2) is 7.18. The van der Waals surface area contributed by atoms with Crippen LogP contribution in [0.5, 0.6) is 0 Å². The lowest BCUT2D eigenvalue weighted by molar-refractivity contribution is -0.172. The van der Waals surface area contributed by atoms with E-state index in [2.05, 4.69) is 0 Å². The highest BCUT2D eigenvalue weighted by Crippen LogP contribution is 2.44. The van der Waals surface area contributed by atoms with Crippen molar-refractivity contribution in [2.75, 3.05) is 13.2 Å². The average Bonchev–Trinajstić information content (AvgIpc) is 2.90. The summed E-state index contributed by atoms with van der Waals surface area (Å²) in [5.41, 5.74) is -3.53. The summed E-state index contributed by atoms with van der Waals surface area (Å²) in [5, 5.41) is 0. The Kier molecular flexibility index (Phi) is 5.41. The highest BCUT2D eigenvalue weighted by atomic mass is 19.1. The lowest BCUT2D eigenvalue weighted by Crippen LogP contribution is -2.43. The molecule has 0 unspecified atom stereocenters. The minimum atomic E-state index is -1.43. The number of aromatic amines is 1. The van der Waals surface area contributed by atoms with Gasteiger partial charge in [0.2, 0.25) is 5.82 Å². The molecule has 3 atom stereocenters. The van der Waals surface area contributed by atoms with Gasteiger partial charge >= 0.3 is 17.6 Å². The van der Waals surface area contributed by atoms with Gasteiger partial charge in [0, 0.05) is 6.42 Å². The van der Waals surface area contributed by atoms with Crippen LogP contribution in [0.4, 0.5) is 4.39 Å². The van der Waals surface area contributed by atoms with E-state index >= 15 is 0 Å². The summed E-state index contributed by atoms with van der Waals surface area (Å²) in [5.74, 6) is -2.69. The Balaban J connectivity index is 2.43. The van der Waals surface area contributed by atoms with Crippen LogP contribution in [-0.2, 0) is 23.8 Å². The second-order valence-electron chi connectivity index (χ2n) is 5.71. The van der Waals surface area contributed by atoms with Crippen LogP contribution in [0.1, 0.15) is 33.4 Å². The summed E-state index contributed by atoms with van der Waals surface area (Å²) in [7, 11) is 0. The molecule has 1 saturated heterocycles. The molecule has 1 N–H and O–H groups in total. The maximum atomic E-state index is 13.5. The molecule has 1 aliphatic heterocycles. The first kappa shape index (κ1) is 18.8. The van der Waals surface area contributed by atoms with Crippen LogP contribution in [-0.4, -0.2) is 40.8 Å². The molecule has 25 heavy (non-hydrogen) atoms. The summed E-state index contributed by atoms with van der Waals surface area (Å²) in [6.45, 7) is 4.79. The first-order chi connectivity index (χ1) is 11.7. The lowest BCUT2D eigenvalue weighted by atomic mass is 9.82. The molecule has 0 bridgehead atoms. The van der Waals surface area contributed by atoms with E-state index in [1.165, 1.54) is 6.92 Å². The van der Waals surface area contributed by atoms with Crippen molar-refractivity contribution in [3.8, 4) is 0 Å². The van der Waals surface area contributed by atoms with E-state index in [9.17, 15) is 23.6 Å². The van der Waals surface area contributed by atoms with Crippen LogP contribution >= 0.6 is 0 Å². The van der Waals surface area contributed by atoms with Gasteiger partial charge in [-0.05, 0) is 20.8 Å². The quantitative estimate of drug-likeness (QED) is 0.742. The molecule has 0 saturated carbocycles. The zero-order chi connectivity index (χ0) is 18.8. The van der Waals surface area contributed by atoms with Crippen molar-refractivity contribution >= 4 is 11.9 Å². The number of hydrogen-bond acceptors (Lipinski definition) is 7. The number of nitrogens with one attached hydrogen (secondary N) is 1. The van der Waals surface area contributed by atoms with Crippen molar-refractivity contribution in [1.29, 1.82) is 0 Å². The molecule has 9 nitrogen and oxygen atoms in total. The summed E-state index contributed by atoms with van der Waals surface area (Å²) in [6.07, 6.45) is -1.95. The van der Waals surface area contributed by atoms with Crippen molar-refractivity contribution in [2.45, 2.75) is 39.5 Å². The van der Waals surface area contributed by atoms with Crippen molar-refractivity contribution in [3.63, 3.8) is 0 Å². The van der Waals surface area contributed by atoms with Gasteiger partial charge in [-0.1, -0.05) is 0 Å². The summed E-state index contributed by atoms with van der Waals surface area (Å²) in [6, 6.07) is 0. The Morgan fingerprint density at radius 1 is 1.36 bits per heavy atom. The molecule has 10 heteroatoms. The van der Waals surface area contributed by atoms with E-state index in [0.29, 0.717) is 6.20 Å². The number of H-pyrrole nitrogens is 1. The van der Waals surface area contributed by atoms with Crippen molar-refractivity contribution in [3.05, 3.63) is 32.9 Å². The fourth-order valence-corrected chi connectivity index (χ4v) is 2.68. The van der Waals surface area contributed by atoms with Gasteiger partial charge < -0.3 is 14.2 Å². The predicted octanol–water partition coefficient (Wildman–Crippen LogP) is 0.0957. The average molecular weight is 358 g/mol. The van der Waals surface area contributed by atoms with Gasteiger partial charge in [0.05, 0.1) is 19.4 Å². The Morgan fingerprint density at radius 2 is 2.00 bits per heavy atom. The lowest BCUT2D eigenvalue weighted by Gasteiger charge is -2.25. The van der Waals surface area contributed by atoms with Gasteiger partial charge in [-0.3, -0.25) is 19.1 Å². The zero-order valence-electron chi connectivity index (χ0n) is 14.0. The van der Waals surface area contributed by atoms with Crippen molar-refractivity contribution in [1.82, 2.24) is 9.55 Å². The molecular weight excluding hydrogens is 339 g/mol. The highest BCUT2D eigenvalue weighted by Gasteiger charge is 2.56. The van der Waals surface area contributed by atoms with Gasteiger partial charge in [-0.25, -0.2) is 9.59 Å². The number of rotatable bonds is 5. The molecule has 0 radical (unpaired) electrons. The SMILES string of the molecule is CCOC(=O)[C@@H]1O[C@H](n2cc(F)c(=O)[nH]c2=O)C[C@@]1(C)C(=O)OCC. The van der Waals surface area contributed by atoms with E-state index in [1.807, 2.05) is 0 Å². The number of aromatic nitrogens is 2. The number of nitrogens with zero attached hydrogens (tertiary/aromatic N) is 1. The summed E-state index contributed by atoms with van der Waals surface area (Å²) in [4.78, 5) is 49.4. The van der Waals surface area contributed by atoms with Crippen molar-refractivity contribution < 1.29 is 28.2 Å². The van der Waals surface area contributed by atoms with E-state index in [4.69, 9.17) is 14.2 Å². The van der Waals surface area contributed by atoms with Gasteiger partial charge in [-0.15, -0.1) is 0 Å². The fraction of sp³-hybridized carbons (Fsp3) is 0.600. The van der Waals surface area contributed by atoms with E-state index in [0.717, 1.165) is 4.57 Å². The van der Waals surface area contributed by atoms with E-state index in [1.54, 1.807) is 18.8 Å². The maximum Gasteiger partial charge on any atom is 0.336 e. The number of carbonyl (C=O) groups is 2. The van der Waals surface area contributed by atoms with Crippen LogP contribution in [0.15, 0.2) is 15.8 Å². The third kappa shape index (κ3) is 3.48. The summed E-state index contributed by atoms with van der Waals surface area (Å²) < 4.78 is 29.7. The normalized spacial score (nSPS) is 25.6. The Labute approximate surface area is 141 Å². The molecule has 0 aromatic carbocycles. The predicted molar refractivity (Wildman–Crippen MR) is 81.2 cm³/mol. The van der Waals surface area contributed by atoms with Crippen LogP contribution in [0.2, 0.25) is 0 Å². The molecule has 2 heterocycles. The first-order valence-corrected chi connectivity index (χ1v) is 7.74. The van der Waals surface area contributed by atoms with Crippen LogP contribution < -0.4 is 11.2 Å². The third-order valence-electron chi connectivity index (χ3n) is 3.95. The number of esters is 2. The zero-order valence-corrected chi connectivity index (χ0v) is 14.0. The maximum absolute atomic E-state index is 13.5. The Bertz CT molecular complexity index is 787. The first-order valence-electron chi connectivity index (χ1n) is 7.74. The van der Waals surface area contributed by atoms with Crippen LogP contribution in [0.25, 0.3) is 0 Å². The van der Waals surface area contributed by atoms with Crippen molar-refractivity contribution in [2.24, 2.45) is 5.41 Å².